The lowest BCUT2D eigenvalue weighted by Gasteiger charge is -2.21. The monoisotopic (exact) mass is 334 g/mol. The van der Waals surface area contributed by atoms with E-state index in [1.54, 1.807) is 0 Å². The normalized spacial score (nSPS) is 12.7. The van der Waals surface area contributed by atoms with Crippen molar-refractivity contribution in [2.24, 2.45) is 0 Å². The Bertz CT molecular complexity index is 483. The Morgan fingerprint density at radius 2 is 1.21 bits per heavy atom. The van der Waals surface area contributed by atoms with Crippen molar-refractivity contribution in [1.29, 1.82) is 0 Å². The molecule has 0 saturated heterocycles. The summed E-state index contributed by atoms with van der Waals surface area (Å²) in [6, 6.07) is 0. The van der Waals surface area contributed by atoms with Gasteiger partial charge in [-0.2, -0.15) is 26.3 Å². The number of rotatable bonds is 2. The standard InChI is InChI=1S/C8Cl2F8O/c9-1-3(11)2(10)6(5(13)4(1)12)19-8(17,18)7(14,15)16. The molecule has 0 atom stereocenters. The topological polar surface area (TPSA) is 9.23 Å². The lowest BCUT2D eigenvalue weighted by molar-refractivity contribution is -0.361. The molecular formula is C8Cl2F8O. The summed E-state index contributed by atoms with van der Waals surface area (Å²) in [6.45, 7) is 0. The van der Waals surface area contributed by atoms with Gasteiger partial charge in [-0.1, -0.05) is 23.2 Å². The van der Waals surface area contributed by atoms with Gasteiger partial charge in [0.2, 0.25) is 5.82 Å². The molecule has 0 saturated carbocycles. The summed E-state index contributed by atoms with van der Waals surface area (Å²) in [7, 11) is 0. The average Bonchev–Trinajstić information content (AvgIpc) is 2.28. The van der Waals surface area contributed by atoms with E-state index in [4.69, 9.17) is 23.2 Å². The van der Waals surface area contributed by atoms with Crippen LogP contribution in [0, 0.1) is 17.5 Å². The molecule has 0 bridgehead atoms. The Labute approximate surface area is 109 Å². The van der Waals surface area contributed by atoms with Crippen molar-refractivity contribution in [3.8, 4) is 5.75 Å². The van der Waals surface area contributed by atoms with E-state index in [2.05, 4.69) is 4.74 Å². The zero-order chi connectivity index (χ0) is 15.2. The first-order valence-electron chi connectivity index (χ1n) is 4.05. The highest BCUT2D eigenvalue weighted by Gasteiger charge is 2.61. The molecule has 0 fully saturated rings. The SMILES string of the molecule is Fc1c(F)c(OC(F)(F)C(F)(F)F)c(Cl)c(F)c1Cl. The highest BCUT2D eigenvalue weighted by atomic mass is 35.5. The van der Waals surface area contributed by atoms with Gasteiger partial charge in [0.15, 0.2) is 17.4 Å². The van der Waals surface area contributed by atoms with E-state index in [1.807, 2.05) is 0 Å². The number of alkyl halides is 5. The Morgan fingerprint density at radius 1 is 0.737 bits per heavy atom. The van der Waals surface area contributed by atoms with Crippen molar-refractivity contribution in [3.63, 3.8) is 0 Å². The molecule has 11 heteroatoms. The highest BCUT2D eigenvalue weighted by Crippen LogP contribution is 2.43. The van der Waals surface area contributed by atoms with Gasteiger partial charge in [0.1, 0.15) is 10.0 Å². The smallest absolute Gasteiger partial charge is 0.421 e. The number of hydrogen-bond acceptors (Lipinski definition) is 1. The van der Waals surface area contributed by atoms with Crippen LogP contribution in [0.15, 0.2) is 0 Å². The van der Waals surface area contributed by atoms with Crippen LogP contribution in [0.1, 0.15) is 0 Å². The molecule has 0 aliphatic heterocycles. The second-order valence-electron chi connectivity index (χ2n) is 3.02. The predicted molar refractivity (Wildman–Crippen MR) is 48.0 cm³/mol. The summed E-state index contributed by atoms with van der Waals surface area (Å²) >= 11 is 9.82. The largest absolute Gasteiger partial charge is 0.499 e. The number of benzene rings is 1. The van der Waals surface area contributed by atoms with Crippen LogP contribution in [0.3, 0.4) is 0 Å². The third kappa shape index (κ3) is 2.81. The first-order chi connectivity index (χ1) is 8.40. The van der Waals surface area contributed by atoms with E-state index in [1.165, 1.54) is 0 Å². The van der Waals surface area contributed by atoms with Crippen molar-refractivity contribution in [2.45, 2.75) is 12.3 Å². The predicted octanol–water partition coefficient (Wildman–Crippen LogP) is 4.94. The number of hydrogen-bond donors (Lipinski definition) is 0. The van der Waals surface area contributed by atoms with E-state index < -0.39 is 45.5 Å². The van der Waals surface area contributed by atoms with Crippen molar-refractivity contribution >= 4 is 23.2 Å². The van der Waals surface area contributed by atoms with E-state index in [-0.39, 0.29) is 0 Å². The molecule has 19 heavy (non-hydrogen) atoms. The summed E-state index contributed by atoms with van der Waals surface area (Å²) in [5.41, 5.74) is 0. The lowest BCUT2D eigenvalue weighted by atomic mass is 10.3. The molecule has 0 amide bonds. The molecule has 0 unspecified atom stereocenters. The highest BCUT2D eigenvalue weighted by molar-refractivity contribution is 6.35. The van der Waals surface area contributed by atoms with E-state index >= 15 is 0 Å². The summed E-state index contributed by atoms with van der Waals surface area (Å²) in [6.07, 6.45) is -12.1. The minimum Gasteiger partial charge on any atom is -0.421 e. The quantitative estimate of drug-likeness (QED) is 0.422. The minimum atomic E-state index is -6.24. The second kappa shape index (κ2) is 4.86. The third-order valence-corrected chi connectivity index (χ3v) is 2.40. The number of ether oxygens (including phenoxy) is 1. The molecule has 1 nitrogen and oxygen atoms in total. The van der Waals surface area contributed by atoms with Crippen LogP contribution in [-0.2, 0) is 0 Å². The molecule has 0 aliphatic rings. The van der Waals surface area contributed by atoms with Gasteiger partial charge >= 0.3 is 12.3 Å². The summed E-state index contributed by atoms with van der Waals surface area (Å²) in [4.78, 5) is 0. The summed E-state index contributed by atoms with van der Waals surface area (Å²) in [5, 5.41) is -3.15. The van der Waals surface area contributed by atoms with Gasteiger partial charge in [0, 0.05) is 0 Å². The molecule has 108 valence electrons. The summed E-state index contributed by atoms with van der Waals surface area (Å²) in [5.74, 6) is -8.66. The lowest BCUT2D eigenvalue weighted by Crippen LogP contribution is -2.42. The van der Waals surface area contributed by atoms with Crippen LogP contribution in [0.4, 0.5) is 35.1 Å². The van der Waals surface area contributed by atoms with Gasteiger partial charge in [-0.15, -0.1) is 0 Å². The number of halogens is 10. The molecule has 0 N–H and O–H groups in total. The van der Waals surface area contributed by atoms with Gasteiger partial charge in [-0.25, -0.2) is 8.78 Å². The Hall–Kier alpha value is -0.960. The van der Waals surface area contributed by atoms with Crippen LogP contribution >= 0.6 is 23.2 Å². The van der Waals surface area contributed by atoms with Gasteiger partial charge < -0.3 is 4.74 Å². The molecule has 0 aromatic heterocycles. The van der Waals surface area contributed by atoms with Crippen LogP contribution in [0.25, 0.3) is 0 Å². The second-order valence-corrected chi connectivity index (χ2v) is 3.77. The molecule has 0 aliphatic carbocycles. The zero-order valence-electron chi connectivity index (χ0n) is 8.19. The molecule has 0 spiro atoms. The van der Waals surface area contributed by atoms with Crippen molar-refractivity contribution in [3.05, 3.63) is 27.5 Å². The Kier molecular flexibility index (Phi) is 4.12. The molecule has 1 aromatic rings. The molecule has 1 rings (SSSR count). The van der Waals surface area contributed by atoms with Crippen LogP contribution < -0.4 is 4.74 Å². The van der Waals surface area contributed by atoms with E-state index in [0.29, 0.717) is 0 Å². The Morgan fingerprint density at radius 3 is 1.63 bits per heavy atom. The maximum Gasteiger partial charge on any atom is 0.499 e. The van der Waals surface area contributed by atoms with E-state index in [9.17, 15) is 35.1 Å². The fourth-order valence-electron chi connectivity index (χ4n) is 0.860. The molecular weight excluding hydrogens is 335 g/mol. The zero-order valence-corrected chi connectivity index (χ0v) is 9.70. The van der Waals surface area contributed by atoms with Crippen molar-refractivity contribution < 1.29 is 39.9 Å². The maximum atomic E-state index is 13.1. The van der Waals surface area contributed by atoms with Gasteiger partial charge in [-0.05, 0) is 0 Å². The van der Waals surface area contributed by atoms with Gasteiger partial charge in [0.25, 0.3) is 0 Å². The molecule has 0 heterocycles. The minimum absolute atomic E-state index is 1.51. The van der Waals surface area contributed by atoms with Gasteiger partial charge in [-0.3, -0.25) is 0 Å². The first kappa shape index (κ1) is 16.1. The fourth-order valence-corrected chi connectivity index (χ4v) is 1.30. The fraction of sp³-hybridized carbons (Fsp3) is 0.250. The first-order valence-corrected chi connectivity index (χ1v) is 4.80. The van der Waals surface area contributed by atoms with E-state index in [0.717, 1.165) is 0 Å². The van der Waals surface area contributed by atoms with Crippen LogP contribution in [0.5, 0.6) is 5.75 Å². The van der Waals surface area contributed by atoms with Crippen LogP contribution in [-0.4, -0.2) is 12.3 Å². The third-order valence-electron chi connectivity index (χ3n) is 1.73. The maximum absolute atomic E-state index is 13.1. The average molecular weight is 335 g/mol. The Balaban J connectivity index is 3.39. The molecule has 1 aromatic carbocycles. The summed E-state index contributed by atoms with van der Waals surface area (Å²) < 4.78 is 102. The van der Waals surface area contributed by atoms with Crippen molar-refractivity contribution in [2.75, 3.05) is 0 Å². The van der Waals surface area contributed by atoms with Gasteiger partial charge in [0.05, 0.1) is 0 Å². The molecule has 0 radical (unpaired) electrons. The van der Waals surface area contributed by atoms with Crippen LogP contribution in [0.2, 0.25) is 10.0 Å². The van der Waals surface area contributed by atoms with Crippen molar-refractivity contribution in [1.82, 2.24) is 0 Å².